The van der Waals surface area contributed by atoms with Crippen molar-refractivity contribution in [3.05, 3.63) is 34.9 Å². The van der Waals surface area contributed by atoms with Gasteiger partial charge in [-0.25, -0.2) is 4.79 Å². The molecule has 124 valence electrons. The Hall–Kier alpha value is -2.61. The highest BCUT2D eigenvalue weighted by Crippen LogP contribution is 2.37. The number of carbonyl (C=O) groups excluding carboxylic acids is 1. The van der Waals surface area contributed by atoms with Crippen LogP contribution in [0.4, 0.5) is 4.79 Å². The summed E-state index contributed by atoms with van der Waals surface area (Å²) in [6, 6.07) is 4.78. The number of rotatable bonds is 4. The summed E-state index contributed by atoms with van der Waals surface area (Å²) in [6.07, 6.45) is -0.0306. The lowest BCUT2D eigenvalue weighted by Gasteiger charge is -2.27. The van der Waals surface area contributed by atoms with Crippen LogP contribution < -0.4 is 5.48 Å². The normalized spacial score (nSPS) is 15.7. The zero-order chi connectivity index (χ0) is 17.1. The minimum Gasteiger partial charge on any atom is -0.465 e. The number of hydroxylamine groups is 1. The lowest BCUT2D eigenvalue weighted by Crippen LogP contribution is -2.41. The summed E-state index contributed by atoms with van der Waals surface area (Å²) in [6.45, 7) is -0.216. The van der Waals surface area contributed by atoms with Crippen LogP contribution >= 0.6 is 0 Å². The molecule has 0 radical (unpaired) electrons. The Bertz CT molecular complexity index is 644. The summed E-state index contributed by atoms with van der Waals surface area (Å²) in [4.78, 5) is 26.0. The van der Waals surface area contributed by atoms with E-state index in [0.29, 0.717) is 18.4 Å². The van der Waals surface area contributed by atoms with Crippen molar-refractivity contribution in [2.45, 2.75) is 18.9 Å². The predicted octanol–water partition coefficient (Wildman–Crippen LogP) is 1.05. The molecular formula is C15H20N4O4. The van der Waals surface area contributed by atoms with E-state index in [2.05, 4.69) is 0 Å². The van der Waals surface area contributed by atoms with Gasteiger partial charge in [-0.2, -0.15) is 0 Å². The molecule has 1 aromatic rings. The van der Waals surface area contributed by atoms with E-state index < -0.39 is 12.1 Å². The molecule has 1 aromatic carbocycles. The Morgan fingerprint density at radius 3 is 2.65 bits per heavy atom. The van der Waals surface area contributed by atoms with Crippen molar-refractivity contribution < 1.29 is 19.9 Å². The number of benzene rings is 1. The Labute approximate surface area is 133 Å². The summed E-state index contributed by atoms with van der Waals surface area (Å²) < 4.78 is 0. The molecule has 1 aliphatic carbocycles. The summed E-state index contributed by atoms with van der Waals surface area (Å²) in [7, 11) is 3.16. The van der Waals surface area contributed by atoms with Crippen molar-refractivity contribution >= 4 is 17.8 Å². The number of carboxylic acid groups (broad SMARTS) is 1. The molecule has 0 aromatic heterocycles. The molecule has 2 rings (SSSR count). The zero-order valence-electron chi connectivity index (χ0n) is 13.0. The minimum atomic E-state index is -1.15. The van der Waals surface area contributed by atoms with Gasteiger partial charge in [-0.05, 0) is 24.0 Å². The summed E-state index contributed by atoms with van der Waals surface area (Å²) in [5.74, 6) is -0.421. The highest BCUT2D eigenvalue weighted by Gasteiger charge is 2.34. The van der Waals surface area contributed by atoms with Crippen LogP contribution in [0, 0.1) is 5.41 Å². The smallest absolute Gasteiger partial charge is 0.408 e. The van der Waals surface area contributed by atoms with Crippen molar-refractivity contribution in [1.29, 1.82) is 5.41 Å². The molecule has 2 amide bonds. The number of likely N-dealkylation sites (N-methyl/N-ethyl adjacent to an activating group) is 1. The number of hydrogen-bond acceptors (Lipinski definition) is 4. The van der Waals surface area contributed by atoms with E-state index in [9.17, 15) is 14.7 Å². The molecule has 0 bridgehead atoms. The van der Waals surface area contributed by atoms with Gasteiger partial charge >= 0.3 is 6.09 Å². The van der Waals surface area contributed by atoms with Gasteiger partial charge in [0.25, 0.3) is 0 Å². The Morgan fingerprint density at radius 1 is 1.39 bits per heavy atom. The largest absolute Gasteiger partial charge is 0.465 e. The highest BCUT2D eigenvalue weighted by molar-refractivity contribution is 5.97. The van der Waals surface area contributed by atoms with Crippen molar-refractivity contribution in [2.75, 3.05) is 20.6 Å². The van der Waals surface area contributed by atoms with Crippen molar-refractivity contribution in [2.24, 2.45) is 0 Å². The van der Waals surface area contributed by atoms with E-state index in [1.807, 2.05) is 5.48 Å². The maximum absolute atomic E-state index is 11.9. The van der Waals surface area contributed by atoms with Crippen LogP contribution in [0.2, 0.25) is 0 Å². The molecule has 4 N–H and O–H groups in total. The number of amides is 2. The predicted molar refractivity (Wildman–Crippen MR) is 82.7 cm³/mol. The van der Waals surface area contributed by atoms with Crippen molar-refractivity contribution in [1.82, 2.24) is 15.3 Å². The van der Waals surface area contributed by atoms with E-state index in [0.717, 1.165) is 16.0 Å². The van der Waals surface area contributed by atoms with Gasteiger partial charge in [0.05, 0.1) is 6.04 Å². The van der Waals surface area contributed by atoms with E-state index in [1.165, 1.54) is 4.90 Å². The first-order chi connectivity index (χ1) is 10.9. The van der Waals surface area contributed by atoms with Gasteiger partial charge in [0.15, 0.2) is 0 Å². The fraction of sp³-hybridized carbons (Fsp3) is 0.400. The number of nitrogens with one attached hydrogen (secondary N) is 2. The maximum atomic E-state index is 11.9. The first-order valence-corrected chi connectivity index (χ1v) is 7.17. The molecule has 0 aliphatic heterocycles. The number of carbonyl (C=O) groups is 2. The van der Waals surface area contributed by atoms with E-state index >= 15 is 0 Å². The second kappa shape index (κ2) is 6.66. The van der Waals surface area contributed by atoms with Crippen LogP contribution in [0.1, 0.15) is 29.2 Å². The van der Waals surface area contributed by atoms with Crippen LogP contribution in [-0.4, -0.2) is 58.6 Å². The third-order valence-electron chi connectivity index (χ3n) is 4.05. The Kier molecular flexibility index (Phi) is 4.85. The van der Waals surface area contributed by atoms with Gasteiger partial charge < -0.3 is 10.0 Å². The molecular weight excluding hydrogens is 300 g/mol. The van der Waals surface area contributed by atoms with E-state index in [1.54, 1.807) is 32.3 Å². The lowest BCUT2D eigenvalue weighted by atomic mass is 10.0. The monoisotopic (exact) mass is 320 g/mol. The standard InChI is InChI=1S/C15H20N4O4/c1-18(2)13(20)8-19(15(21)22)12-7-6-9-10(12)4-3-5-11(9)14(16)17-23/h3-5,12,23H,6-8H2,1-2H3,(H2,16,17)(H,21,22). The molecule has 0 fully saturated rings. The highest BCUT2D eigenvalue weighted by atomic mass is 16.5. The molecule has 1 unspecified atom stereocenters. The fourth-order valence-electron chi connectivity index (χ4n) is 2.85. The number of amidine groups is 1. The lowest BCUT2D eigenvalue weighted by molar-refractivity contribution is -0.130. The zero-order valence-corrected chi connectivity index (χ0v) is 13.0. The molecule has 0 heterocycles. The molecule has 8 nitrogen and oxygen atoms in total. The van der Waals surface area contributed by atoms with Crippen LogP contribution in [0.3, 0.4) is 0 Å². The fourth-order valence-corrected chi connectivity index (χ4v) is 2.85. The second-order valence-corrected chi connectivity index (χ2v) is 5.61. The van der Waals surface area contributed by atoms with Crippen LogP contribution in [-0.2, 0) is 11.2 Å². The summed E-state index contributed by atoms with van der Waals surface area (Å²) in [5.41, 5.74) is 3.96. The topological polar surface area (TPSA) is 117 Å². The van der Waals surface area contributed by atoms with Crippen LogP contribution in [0.5, 0.6) is 0 Å². The van der Waals surface area contributed by atoms with E-state index in [4.69, 9.17) is 10.6 Å². The quantitative estimate of drug-likeness (QED) is 0.376. The van der Waals surface area contributed by atoms with Crippen LogP contribution in [0.25, 0.3) is 0 Å². The van der Waals surface area contributed by atoms with Gasteiger partial charge in [-0.3, -0.25) is 25.8 Å². The van der Waals surface area contributed by atoms with Gasteiger partial charge in [0.2, 0.25) is 5.91 Å². The summed E-state index contributed by atoms with van der Waals surface area (Å²) in [5, 5.41) is 26.1. The molecule has 23 heavy (non-hydrogen) atoms. The number of nitrogens with zero attached hydrogens (tertiary/aromatic N) is 2. The minimum absolute atomic E-state index is 0.131. The summed E-state index contributed by atoms with van der Waals surface area (Å²) >= 11 is 0. The second-order valence-electron chi connectivity index (χ2n) is 5.61. The van der Waals surface area contributed by atoms with Crippen molar-refractivity contribution in [3.8, 4) is 0 Å². The Balaban J connectivity index is 2.35. The van der Waals surface area contributed by atoms with E-state index in [-0.39, 0.29) is 18.3 Å². The van der Waals surface area contributed by atoms with Gasteiger partial charge in [-0.15, -0.1) is 0 Å². The maximum Gasteiger partial charge on any atom is 0.408 e. The van der Waals surface area contributed by atoms with Gasteiger partial charge in [-0.1, -0.05) is 18.2 Å². The van der Waals surface area contributed by atoms with Crippen LogP contribution in [0.15, 0.2) is 18.2 Å². The average molecular weight is 320 g/mol. The Morgan fingerprint density at radius 2 is 2.09 bits per heavy atom. The van der Waals surface area contributed by atoms with Crippen molar-refractivity contribution in [3.63, 3.8) is 0 Å². The van der Waals surface area contributed by atoms with Gasteiger partial charge in [0, 0.05) is 19.7 Å². The number of hydrogen-bond donors (Lipinski definition) is 4. The SMILES string of the molecule is CN(C)C(=O)CN(C(=O)O)C1CCc2c(C(=N)NO)cccc21. The third kappa shape index (κ3) is 3.26. The molecule has 0 saturated heterocycles. The molecule has 8 heteroatoms. The molecule has 1 atom stereocenters. The molecule has 1 aliphatic rings. The first kappa shape index (κ1) is 16.8. The number of fused-ring (bicyclic) bond motifs is 1. The molecule has 0 saturated carbocycles. The van der Waals surface area contributed by atoms with Gasteiger partial charge in [0.1, 0.15) is 12.4 Å². The average Bonchev–Trinajstić information content (AvgIpc) is 2.94. The molecule has 0 spiro atoms. The first-order valence-electron chi connectivity index (χ1n) is 7.17. The third-order valence-corrected chi connectivity index (χ3v) is 4.05.